The second kappa shape index (κ2) is 8.34. The topological polar surface area (TPSA) is 78.9 Å². The van der Waals surface area contributed by atoms with Gasteiger partial charge in [0, 0.05) is 0 Å². The number of rotatable bonds is 8. The third-order valence-electron chi connectivity index (χ3n) is 4.18. The molecule has 0 bridgehead atoms. The zero-order chi connectivity index (χ0) is 18.6. The van der Waals surface area contributed by atoms with Gasteiger partial charge >= 0.3 is 6.03 Å². The van der Waals surface area contributed by atoms with E-state index in [9.17, 15) is 14.7 Å². The molecule has 0 spiro atoms. The van der Waals surface area contributed by atoms with E-state index in [1.165, 1.54) is 0 Å². The molecule has 1 aliphatic heterocycles. The van der Waals surface area contributed by atoms with Gasteiger partial charge in [-0.1, -0.05) is 45.9 Å². The van der Waals surface area contributed by atoms with Crippen molar-refractivity contribution in [1.82, 2.24) is 10.2 Å². The summed E-state index contributed by atoms with van der Waals surface area (Å²) in [5.41, 5.74) is 1.06. The third-order valence-corrected chi connectivity index (χ3v) is 4.18. The highest BCUT2D eigenvalue weighted by Gasteiger charge is 2.38. The summed E-state index contributed by atoms with van der Waals surface area (Å²) in [4.78, 5) is 25.3. The maximum Gasteiger partial charge on any atom is 0.324 e. The number of β-amino-alcohol motifs (C(OH)–C–C–N with tert-alkyl or cyclic N) is 1. The fraction of sp³-hybridized carbons (Fsp3) is 0.579. The SMILES string of the molecule is CC(C)C[C@@H]1NC(=O)N(C[C@H](O)COc2ccccc2C(C)C)C1=O. The summed E-state index contributed by atoms with van der Waals surface area (Å²) in [5, 5.41) is 12.9. The Balaban J connectivity index is 1.91. The first kappa shape index (κ1) is 19.2. The number of hydrogen-bond acceptors (Lipinski definition) is 4. The number of urea groups is 1. The molecule has 1 aromatic carbocycles. The molecule has 2 rings (SSSR count). The summed E-state index contributed by atoms with van der Waals surface area (Å²) in [6.45, 7) is 8.09. The predicted molar refractivity (Wildman–Crippen MR) is 95.5 cm³/mol. The Labute approximate surface area is 149 Å². The molecule has 1 saturated heterocycles. The number of aliphatic hydroxyl groups excluding tert-OH is 1. The lowest BCUT2D eigenvalue weighted by Crippen LogP contribution is -2.40. The number of nitrogens with one attached hydrogen (secondary N) is 1. The van der Waals surface area contributed by atoms with E-state index in [1.807, 2.05) is 38.1 Å². The number of imide groups is 1. The van der Waals surface area contributed by atoms with Crippen molar-refractivity contribution >= 4 is 11.9 Å². The minimum Gasteiger partial charge on any atom is -0.491 e. The van der Waals surface area contributed by atoms with Crippen LogP contribution in [0.3, 0.4) is 0 Å². The number of amides is 3. The van der Waals surface area contributed by atoms with Crippen LogP contribution in [0, 0.1) is 5.92 Å². The van der Waals surface area contributed by atoms with Gasteiger partial charge in [0.15, 0.2) is 0 Å². The van der Waals surface area contributed by atoms with E-state index in [4.69, 9.17) is 4.74 Å². The summed E-state index contributed by atoms with van der Waals surface area (Å²) >= 11 is 0. The van der Waals surface area contributed by atoms with Crippen molar-refractivity contribution < 1.29 is 19.4 Å². The molecule has 25 heavy (non-hydrogen) atoms. The number of para-hydroxylation sites is 1. The number of carbonyl (C=O) groups is 2. The molecule has 1 aromatic rings. The minimum atomic E-state index is -0.937. The zero-order valence-electron chi connectivity index (χ0n) is 15.4. The molecule has 6 nitrogen and oxygen atoms in total. The van der Waals surface area contributed by atoms with Crippen LogP contribution in [0.4, 0.5) is 4.79 Å². The average Bonchev–Trinajstić information content (AvgIpc) is 2.80. The molecular weight excluding hydrogens is 320 g/mol. The van der Waals surface area contributed by atoms with Gasteiger partial charge in [0.25, 0.3) is 5.91 Å². The standard InChI is InChI=1S/C19H28N2O4/c1-12(2)9-16-18(23)21(19(24)20-16)10-14(22)11-25-17-8-6-5-7-15(17)13(3)4/h5-8,12-14,16,22H,9-11H2,1-4H3,(H,20,24)/t14-,16-/m0/s1. The fourth-order valence-corrected chi connectivity index (χ4v) is 2.92. The average molecular weight is 348 g/mol. The van der Waals surface area contributed by atoms with Crippen LogP contribution >= 0.6 is 0 Å². The highest BCUT2D eigenvalue weighted by molar-refractivity contribution is 6.04. The van der Waals surface area contributed by atoms with Crippen molar-refractivity contribution in [2.45, 2.75) is 52.2 Å². The molecule has 0 aliphatic carbocycles. The number of carbonyl (C=O) groups excluding carboxylic acids is 2. The van der Waals surface area contributed by atoms with Gasteiger partial charge in [-0.3, -0.25) is 9.69 Å². The molecule has 3 amide bonds. The van der Waals surface area contributed by atoms with Gasteiger partial charge in [0.05, 0.1) is 6.54 Å². The van der Waals surface area contributed by atoms with E-state index in [-0.39, 0.29) is 19.1 Å². The number of nitrogens with zero attached hydrogens (tertiary/aromatic N) is 1. The van der Waals surface area contributed by atoms with Gasteiger partial charge < -0.3 is 15.2 Å². The largest absolute Gasteiger partial charge is 0.491 e. The highest BCUT2D eigenvalue weighted by Crippen LogP contribution is 2.26. The lowest BCUT2D eigenvalue weighted by Gasteiger charge is -2.20. The number of hydrogen-bond donors (Lipinski definition) is 2. The Morgan fingerprint density at radius 2 is 1.88 bits per heavy atom. The lowest BCUT2D eigenvalue weighted by atomic mass is 10.0. The van der Waals surface area contributed by atoms with E-state index >= 15 is 0 Å². The van der Waals surface area contributed by atoms with Crippen LogP contribution in [0.25, 0.3) is 0 Å². The fourth-order valence-electron chi connectivity index (χ4n) is 2.92. The first-order chi connectivity index (χ1) is 11.8. The van der Waals surface area contributed by atoms with Crippen molar-refractivity contribution in [2.75, 3.05) is 13.2 Å². The van der Waals surface area contributed by atoms with Crippen molar-refractivity contribution in [3.63, 3.8) is 0 Å². The van der Waals surface area contributed by atoms with Crippen molar-refractivity contribution in [2.24, 2.45) is 5.92 Å². The van der Waals surface area contributed by atoms with Crippen LogP contribution in [0.1, 0.15) is 45.6 Å². The third kappa shape index (κ3) is 4.95. The smallest absolute Gasteiger partial charge is 0.324 e. The summed E-state index contributed by atoms with van der Waals surface area (Å²) in [6, 6.07) is 6.72. The monoisotopic (exact) mass is 348 g/mol. The molecule has 0 saturated carbocycles. The number of benzene rings is 1. The van der Waals surface area contributed by atoms with E-state index in [0.29, 0.717) is 24.0 Å². The molecule has 6 heteroatoms. The number of aliphatic hydroxyl groups is 1. The highest BCUT2D eigenvalue weighted by atomic mass is 16.5. The molecule has 2 atom stereocenters. The maximum atomic E-state index is 12.3. The van der Waals surface area contributed by atoms with Gasteiger partial charge in [-0.2, -0.15) is 0 Å². The second-order valence-corrected chi connectivity index (χ2v) is 7.24. The zero-order valence-corrected chi connectivity index (χ0v) is 15.4. The Bertz CT molecular complexity index is 615. The Morgan fingerprint density at radius 1 is 1.20 bits per heavy atom. The first-order valence-corrected chi connectivity index (χ1v) is 8.81. The Hall–Kier alpha value is -2.08. The molecule has 0 radical (unpaired) electrons. The van der Waals surface area contributed by atoms with Crippen LogP contribution in [-0.4, -0.2) is 47.2 Å². The van der Waals surface area contributed by atoms with Gasteiger partial charge in [-0.05, 0) is 29.9 Å². The molecule has 1 fully saturated rings. The second-order valence-electron chi connectivity index (χ2n) is 7.24. The van der Waals surface area contributed by atoms with Gasteiger partial charge in [0.1, 0.15) is 24.5 Å². The van der Waals surface area contributed by atoms with E-state index in [1.54, 1.807) is 0 Å². The molecule has 0 aromatic heterocycles. The Kier molecular flexibility index (Phi) is 6.42. The van der Waals surface area contributed by atoms with Crippen molar-refractivity contribution in [3.8, 4) is 5.75 Å². The molecular formula is C19H28N2O4. The predicted octanol–water partition coefficient (Wildman–Crippen LogP) is 2.52. The van der Waals surface area contributed by atoms with E-state index in [2.05, 4.69) is 19.2 Å². The molecule has 0 unspecified atom stereocenters. The van der Waals surface area contributed by atoms with E-state index in [0.717, 1.165) is 10.5 Å². The quantitative estimate of drug-likeness (QED) is 0.708. The van der Waals surface area contributed by atoms with Crippen LogP contribution < -0.4 is 10.1 Å². The van der Waals surface area contributed by atoms with Crippen LogP contribution in [0.2, 0.25) is 0 Å². The van der Waals surface area contributed by atoms with E-state index < -0.39 is 18.2 Å². The van der Waals surface area contributed by atoms with Crippen LogP contribution in [0.5, 0.6) is 5.75 Å². The van der Waals surface area contributed by atoms with Crippen LogP contribution in [0.15, 0.2) is 24.3 Å². The van der Waals surface area contributed by atoms with Gasteiger partial charge in [0.2, 0.25) is 0 Å². The normalized spacial score (nSPS) is 18.8. The first-order valence-electron chi connectivity index (χ1n) is 8.81. The summed E-state index contributed by atoms with van der Waals surface area (Å²) in [7, 11) is 0. The summed E-state index contributed by atoms with van der Waals surface area (Å²) in [6.07, 6.45) is -0.345. The molecule has 1 aliphatic rings. The molecule has 1 heterocycles. The summed E-state index contributed by atoms with van der Waals surface area (Å²) in [5.74, 6) is 1.04. The lowest BCUT2D eigenvalue weighted by molar-refractivity contribution is -0.128. The van der Waals surface area contributed by atoms with Crippen LogP contribution in [-0.2, 0) is 4.79 Å². The van der Waals surface area contributed by atoms with Crippen molar-refractivity contribution in [3.05, 3.63) is 29.8 Å². The number of ether oxygens (including phenoxy) is 1. The minimum absolute atomic E-state index is 0.0235. The summed E-state index contributed by atoms with van der Waals surface area (Å²) < 4.78 is 5.71. The molecule has 2 N–H and O–H groups in total. The van der Waals surface area contributed by atoms with Crippen molar-refractivity contribution in [1.29, 1.82) is 0 Å². The van der Waals surface area contributed by atoms with Gasteiger partial charge in [-0.25, -0.2) is 4.79 Å². The Morgan fingerprint density at radius 3 is 2.52 bits per heavy atom. The molecule has 138 valence electrons. The maximum absolute atomic E-state index is 12.3. The van der Waals surface area contributed by atoms with Gasteiger partial charge in [-0.15, -0.1) is 0 Å².